The first-order chi connectivity index (χ1) is 5.54. The summed E-state index contributed by atoms with van der Waals surface area (Å²) >= 11 is 0. The molecule has 68 valence electrons. The summed E-state index contributed by atoms with van der Waals surface area (Å²) in [6.45, 7) is 2.10. The molecule has 1 heterocycles. The van der Waals surface area contributed by atoms with E-state index in [1.54, 1.807) is 6.92 Å². The highest BCUT2D eigenvalue weighted by Gasteiger charge is 2.36. The Balaban J connectivity index is 2.59. The van der Waals surface area contributed by atoms with E-state index < -0.39 is 19.1 Å². The minimum absolute atomic E-state index is 0.199. The molecular weight excluding hydrogens is 159 g/mol. The predicted molar refractivity (Wildman–Crippen MR) is 44.0 cm³/mol. The quantitative estimate of drug-likeness (QED) is 0.418. The second-order valence-electron chi connectivity index (χ2n) is 3.08. The second kappa shape index (κ2) is 3.43. The molecule has 0 aliphatic carbocycles. The Kier molecular flexibility index (Phi) is 2.71. The SMILES string of the molecule is C[C@H](B(O)O)N1CC[C@H](N)C1=O. The molecular formula is C6H13BN2O3. The van der Waals surface area contributed by atoms with Crippen molar-refractivity contribution in [3.8, 4) is 0 Å². The van der Waals surface area contributed by atoms with Gasteiger partial charge >= 0.3 is 7.12 Å². The molecule has 12 heavy (non-hydrogen) atoms. The number of nitrogens with zero attached hydrogens (tertiary/aromatic N) is 1. The number of amides is 1. The van der Waals surface area contributed by atoms with Gasteiger partial charge in [0.15, 0.2) is 0 Å². The zero-order valence-corrected chi connectivity index (χ0v) is 6.97. The smallest absolute Gasteiger partial charge is 0.426 e. The van der Waals surface area contributed by atoms with Crippen molar-refractivity contribution in [3.05, 3.63) is 0 Å². The standard InChI is InChI=1S/C6H13BN2O3/c1-4(7(11)12)9-3-2-5(8)6(9)10/h4-5,11-12H,2-3,8H2,1H3/t4-,5+/m1/s1. The second-order valence-corrected chi connectivity index (χ2v) is 3.08. The lowest BCUT2D eigenvalue weighted by Crippen LogP contribution is -2.47. The number of nitrogens with two attached hydrogens (primary N) is 1. The van der Waals surface area contributed by atoms with Gasteiger partial charge in [-0.3, -0.25) is 4.79 Å². The van der Waals surface area contributed by atoms with E-state index in [1.165, 1.54) is 4.90 Å². The Hall–Kier alpha value is -0.585. The molecule has 1 rings (SSSR count). The van der Waals surface area contributed by atoms with Crippen molar-refractivity contribution < 1.29 is 14.8 Å². The van der Waals surface area contributed by atoms with Crippen LogP contribution in [0.15, 0.2) is 0 Å². The van der Waals surface area contributed by atoms with Gasteiger partial charge in [-0.25, -0.2) is 0 Å². The van der Waals surface area contributed by atoms with Gasteiger partial charge in [0.05, 0.1) is 12.0 Å². The highest BCUT2D eigenvalue weighted by atomic mass is 16.4. The zero-order valence-electron chi connectivity index (χ0n) is 6.97. The third-order valence-corrected chi connectivity index (χ3v) is 2.20. The van der Waals surface area contributed by atoms with E-state index in [9.17, 15) is 4.79 Å². The molecule has 1 fully saturated rings. The van der Waals surface area contributed by atoms with E-state index in [-0.39, 0.29) is 5.91 Å². The molecule has 1 aliphatic heterocycles. The molecule has 0 spiro atoms. The van der Waals surface area contributed by atoms with Crippen LogP contribution in [0.5, 0.6) is 0 Å². The zero-order chi connectivity index (χ0) is 9.30. The fourth-order valence-electron chi connectivity index (χ4n) is 1.29. The normalized spacial score (nSPS) is 26.2. The van der Waals surface area contributed by atoms with Crippen molar-refractivity contribution in [1.29, 1.82) is 0 Å². The maximum absolute atomic E-state index is 11.2. The van der Waals surface area contributed by atoms with Gasteiger partial charge in [0.1, 0.15) is 0 Å². The van der Waals surface area contributed by atoms with Crippen molar-refractivity contribution >= 4 is 13.0 Å². The fraction of sp³-hybridized carbons (Fsp3) is 0.833. The van der Waals surface area contributed by atoms with Crippen molar-refractivity contribution in [2.45, 2.75) is 25.3 Å². The van der Waals surface area contributed by atoms with E-state index in [0.717, 1.165) is 0 Å². The van der Waals surface area contributed by atoms with Crippen molar-refractivity contribution in [2.75, 3.05) is 6.54 Å². The van der Waals surface area contributed by atoms with Gasteiger partial charge in [-0.15, -0.1) is 0 Å². The molecule has 0 unspecified atom stereocenters. The first-order valence-corrected chi connectivity index (χ1v) is 3.96. The van der Waals surface area contributed by atoms with Gasteiger partial charge in [-0.1, -0.05) is 0 Å². The highest BCUT2D eigenvalue weighted by Crippen LogP contribution is 2.13. The summed E-state index contributed by atoms with van der Waals surface area (Å²) in [6.07, 6.45) is 0.593. The highest BCUT2D eigenvalue weighted by molar-refractivity contribution is 6.43. The summed E-state index contributed by atoms with van der Waals surface area (Å²) in [7, 11) is -1.49. The Labute approximate surface area is 71.3 Å². The average Bonchev–Trinajstić information content (AvgIpc) is 2.32. The molecule has 0 aromatic carbocycles. The summed E-state index contributed by atoms with van der Waals surface area (Å²) in [5, 5.41) is 17.6. The average molecular weight is 172 g/mol. The fourth-order valence-corrected chi connectivity index (χ4v) is 1.29. The Bertz CT molecular complexity index is 188. The first-order valence-electron chi connectivity index (χ1n) is 3.96. The molecule has 1 amide bonds. The van der Waals surface area contributed by atoms with E-state index in [1.807, 2.05) is 0 Å². The van der Waals surface area contributed by atoms with Crippen LogP contribution in [0, 0.1) is 0 Å². The van der Waals surface area contributed by atoms with Gasteiger partial charge in [-0.2, -0.15) is 0 Å². The van der Waals surface area contributed by atoms with Crippen LogP contribution in [0.1, 0.15) is 13.3 Å². The number of hydrogen-bond acceptors (Lipinski definition) is 4. The topological polar surface area (TPSA) is 86.8 Å². The summed E-state index contributed by atoms with van der Waals surface area (Å²) < 4.78 is 0. The molecule has 1 aliphatic rings. The number of carbonyl (C=O) groups excluding carboxylic acids is 1. The molecule has 0 aromatic heterocycles. The van der Waals surface area contributed by atoms with Crippen LogP contribution in [0.2, 0.25) is 0 Å². The largest absolute Gasteiger partial charge is 0.475 e. The van der Waals surface area contributed by atoms with Crippen LogP contribution < -0.4 is 5.73 Å². The van der Waals surface area contributed by atoms with E-state index >= 15 is 0 Å². The molecule has 2 atom stereocenters. The monoisotopic (exact) mass is 172 g/mol. The minimum Gasteiger partial charge on any atom is -0.426 e. The Morgan fingerprint density at radius 2 is 2.33 bits per heavy atom. The molecule has 0 bridgehead atoms. The molecule has 0 aromatic rings. The van der Waals surface area contributed by atoms with Gasteiger partial charge in [0, 0.05) is 6.54 Å². The van der Waals surface area contributed by atoms with E-state index in [0.29, 0.717) is 13.0 Å². The number of rotatable bonds is 2. The molecule has 0 radical (unpaired) electrons. The van der Waals surface area contributed by atoms with Crippen molar-refractivity contribution in [2.24, 2.45) is 5.73 Å². The van der Waals surface area contributed by atoms with E-state index in [4.69, 9.17) is 15.8 Å². The van der Waals surface area contributed by atoms with Gasteiger partial charge in [0.2, 0.25) is 5.91 Å². The van der Waals surface area contributed by atoms with Crippen LogP contribution in [0.4, 0.5) is 0 Å². The predicted octanol–water partition coefficient (Wildman–Crippen LogP) is -2.05. The van der Waals surface area contributed by atoms with E-state index in [2.05, 4.69) is 0 Å². The third kappa shape index (κ3) is 1.60. The third-order valence-electron chi connectivity index (χ3n) is 2.20. The lowest BCUT2D eigenvalue weighted by Gasteiger charge is -2.23. The molecule has 0 saturated carbocycles. The lowest BCUT2D eigenvalue weighted by atomic mass is 9.80. The number of likely N-dealkylation sites (tertiary alicyclic amines) is 1. The molecule has 1 saturated heterocycles. The number of carbonyl (C=O) groups is 1. The molecule has 5 nitrogen and oxygen atoms in total. The van der Waals surface area contributed by atoms with Crippen LogP contribution >= 0.6 is 0 Å². The maximum atomic E-state index is 11.2. The van der Waals surface area contributed by atoms with Crippen molar-refractivity contribution in [1.82, 2.24) is 4.90 Å². The molecule has 6 heteroatoms. The van der Waals surface area contributed by atoms with Gasteiger partial charge < -0.3 is 20.7 Å². The van der Waals surface area contributed by atoms with Crippen molar-refractivity contribution in [3.63, 3.8) is 0 Å². The summed E-state index contributed by atoms with van der Waals surface area (Å²) in [5.74, 6) is -0.762. The minimum atomic E-state index is -1.49. The van der Waals surface area contributed by atoms with Crippen LogP contribution in [-0.2, 0) is 4.79 Å². The maximum Gasteiger partial charge on any atom is 0.475 e. The summed E-state index contributed by atoms with van der Waals surface area (Å²) in [5.41, 5.74) is 5.45. The van der Waals surface area contributed by atoms with Crippen LogP contribution in [0.3, 0.4) is 0 Å². The number of hydrogen-bond donors (Lipinski definition) is 3. The summed E-state index contributed by atoms with van der Waals surface area (Å²) in [4.78, 5) is 12.6. The first kappa shape index (κ1) is 9.50. The van der Waals surface area contributed by atoms with Gasteiger partial charge in [0.25, 0.3) is 0 Å². The Morgan fingerprint density at radius 3 is 2.67 bits per heavy atom. The molecule has 4 N–H and O–H groups in total. The summed E-state index contributed by atoms with van der Waals surface area (Å²) in [6, 6.07) is -0.466. The van der Waals surface area contributed by atoms with Gasteiger partial charge in [-0.05, 0) is 13.3 Å². The van der Waals surface area contributed by atoms with Crippen LogP contribution in [-0.4, -0.2) is 46.5 Å². The van der Waals surface area contributed by atoms with Crippen LogP contribution in [0.25, 0.3) is 0 Å². The lowest BCUT2D eigenvalue weighted by molar-refractivity contribution is -0.129. The Morgan fingerprint density at radius 1 is 1.75 bits per heavy atom.